The Bertz CT molecular complexity index is 867. The first-order chi connectivity index (χ1) is 12.4. The summed E-state index contributed by atoms with van der Waals surface area (Å²) in [5, 5.41) is 0. The topological polar surface area (TPSA) is 38.8 Å². The molecule has 0 saturated heterocycles. The number of hydrogen-bond acceptors (Lipinski definition) is 4. The van der Waals surface area contributed by atoms with Crippen LogP contribution in [0.5, 0.6) is 11.5 Å². The number of fused-ring (bicyclic) bond motifs is 1. The van der Waals surface area contributed by atoms with E-state index in [1.54, 1.807) is 38.5 Å². The lowest BCUT2D eigenvalue weighted by Crippen LogP contribution is -2.45. The third-order valence-electron chi connectivity index (χ3n) is 5.12. The van der Waals surface area contributed by atoms with Gasteiger partial charge in [-0.15, -0.1) is 0 Å². The van der Waals surface area contributed by atoms with Crippen molar-refractivity contribution in [3.05, 3.63) is 65.2 Å². The lowest BCUT2D eigenvalue weighted by molar-refractivity contribution is 0.104. The van der Waals surface area contributed by atoms with Crippen LogP contribution in [0.25, 0.3) is 5.70 Å². The molecule has 0 saturated carbocycles. The number of hydrogen-bond donors (Lipinski definition) is 0. The highest BCUT2D eigenvalue weighted by Crippen LogP contribution is 2.37. The second kappa shape index (κ2) is 6.87. The van der Waals surface area contributed by atoms with Crippen LogP contribution in [0.3, 0.4) is 0 Å². The van der Waals surface area contributed by atoms with Gasteiger partial charge in [-0.3, -0.25) is 4.79 Å². The van der Waals surface area contributed by atoms with Crippen molar-refractivity contribution in [3.63, 3.8) is 0 Å². The molecule has 26 heavy (non-hydrogen) atoms. The van der Waals surface area contributed by atoms with E-state index in [0.717, 1.165) is 17.7 Å². The van der Waals surface area contributed by atoms with E-state index in [-0.39, 0.29) is 11.3 Å². The van der Waals surface area contributed by atoms with Gasteiger partial charge in [-0.25, -0.2) is 0 Å². The van der Waals surface area contributed by atoms with Gasteiger partial charge in [0, 0.05) is 35.5 Å². The summed E-state index contributed by atoms with van der Waals surface area (Å²) in [7, 11) is 5.19. The Balaban J connectivity index is 2.04. The molecular weight excluding hydrogens is 326 g/mol. The smallest absolute Gasteiger partial charge is 0.188 e. The summed E-state index contributed by atoms with van der Waals surface area (Å²) in [4.78, 5) is 15.1. The van der Waals surface area contributed by atoms with E-state index in [0.29, 0.717) is 17.1 Å². The van der Waals surface area contributed by atoms with Gasteiger partial charge in [-0.1, -0.05) is 24.3 Å². The van der Waals surface area contributed by atoms with Crippen molar-refractivity contribution >= 4 is 11.5 Å². The monoisotopic (exact) mass is 351 g/mol. The van der Waals surface area contributed by atoms with Crippen LogP contribution in [0, 0.1) is 0 Å². The second-order valence-corrected chi connectivity index (χ2v) is 7.17. The number of likely N-dealkylation sites (N-methyl/N-ethyl adjacent to an activating group) is 1. The van der Waals surface area contributed by atoms with Crippen LogP contribution >= 0.6 is 0 Å². The van der Waals surface area contributed by atoms with Crippen molar-refractivity contribution in [2.45, 2.75) is 25.8 Å². The molecule has 0 radical (unpaired) electrons. The fourth-order valence-corrected chi connectivity index (χ4v) is 3.39. The SMILES string of the molecule is COc1ccc(C(=O)C=C2c3ccccc3CC(C)(C)N2C)cc1OC. The summed E-state index contributed by atoms with van der Waals surface area (Å²) in [5.41, 5.74) is 3.84. The molecule has 136 valence electrons. The van der Waals surface area contributed by atoms with Crippen LogP contribution in [-0.2, 0) is 6.42 Å². The minimum absolute atomic E-state index is 0.0553. The maximum atomic E-state index is 12.9. The average Bonchev–Trinajstić information content (AvgIpc) is 2.64. The number of carbonyl (C=O) groups excluding carboxylic acids is 1. The molecule has 1 aliphatic heterocycles. The molecule has 0 fully saturated rings. The van der Waals surface area contributed by atoms with Crippen molar-refractivity contribution in [1.82, 2.24) is 4.90 Å². The van der Waals surface area contributed by atoms with Gasteiger partial charge >= 0.3 is 0 Å². The van der Waals surface area contributed by atoms with Crippen LogP contribution in [0.4, 0.5) is 0 Å². The van der Waals surface area contributed by atoms with Crippen molar-refractivity contribution in [3.8, 4) is 11.5 Å². The van der Waals surface area contributed by atoms with Crippen molar-refractivity contribution in [2.75, 3.05) is 21.3 Å². The van der Waals surface area contributed by atoms with Crippen LogP contribution in [0.1, 0.15) is 35.3 Å². The number of allylic oxidation sites excluding steroid dienone is 1. The minimum Gasteiger partial charge on any atom is -0.493 e. The van der Waals surface area contributed by atoms with Crippen LogP contribution in [0.2, 0.25) is 0 Å². The summed E-state index contributed by atoms with van der Waals surface area (Å²) >= 11 is 0. The Morgan fingerprint density at radius 3 is 2.46 bits per heavy atom. The molecule has 0 aliphatic carbocycles. The number of rotatable bonds is 4. The molecule has 0 unspecified atom stereocenters. The Kier molecular flexibility index (Phi) is 4.77. The van der Waals surface area contributed by atoms with Crippen molar-refractivity contribution in [1.29, 1.82) is 0 Å². The number of carbonyl (C=O) groups is 1. The molecule has 1 heterocycles. The fraction of sp³-hybridized carbons (Fsp3) is 0.318. The summed E-state index contributed by atoms with van der Waals surface area (Å²) < 4.78 is 10.6. The van der Waals surface area contributed by atoms with E-state index in [9.17, 15) is 4.79 Å². The van der Waals surface area contributed by atoms with E-state index >= 15 is 0 Å². The van der Waals surface area contributed by atoms with Crippen LogP contribution in [0.15, 0.2) is 48.5 Å². The molecule has 0 aromatic heterocycles. The van der Waals surface area contributed by atoms with Crippen LogP contribution in [-0.4, -0.2) is 37.5 Å². The zero-order valence-electron chi connectivity index (χ0n) is 16.0. The Morgan fingerprint density at radius 1 is 1.08 bits per heavy atom. The third kappa shape index (κ3) is 3.19. The zero-order valence-corrected chi connectivity index (χ0v) is 16.0. The summed E-state index contributed by atoms with van der Waals surface area (Å²) in [6.45, 7) is 4.38. The Morgan fingerprint density at radius 2 is 1.77 bits per heavy atom. The van der Waals surface area contributed by atoms with Gasteiger partial charge in [0.15, 0.2) is 17.3 Å². The van der Waals surface area contributed by atoms with Gasteiger partial charge in [0.2, 0.25) is 0 Å². The van der Waals surface area contributed by atoms with E-state index in [1.165, 1.54) is 5.56 Å². The second-order valence-electron chi connectivity index (χ2n) is 7.17. The molecule has 0 spiro atoms. The van der Waals surface area contributed by atoms with Gasteiger partial charge in [0.25, 0.3) is 0 Å². The molecule has 0 amide bonds. The third-order valence-corrected chi connectivity index (χ3v) is 5.12. The number of ketones is 1. The van der Waals surface area contributed by atoms with Gasteiger partial charge in [0.1, 0.15) is 0 Å². The summed E-state index contributed by atoms with van der Waals surface area (Å²) in [5.74, 6) is 1.10. The predicted octanol–water partition coefficient (Wildman–Crippen LogP) is 4.19. The van der Waals surface area contributed by atoms with E-state index in [4.69, 9.17) is 9.47 Å². The molecule has 2 aromatic carbocycles. The molecule has 4 nitrogen and oxygen atoms in total. The lowest BCUT2D eigenvalue weighted by atomic mass is 9.84. The standard InChI is InChI=1S/C22H25NO3/c1-22(2)14-16-8-6-7-9-17(16)18(23(22)3)13-19(24)15-10-11-20(25-4)21(12-15)26-5/h6-13H,14H2,1-5H3. The molecule has 4 heteroatoms. The first-order valence-electron chi connectivity index (χ1n) is 8.67. The van der Waals surface area contributed by atoms with E-state index in [2.05, 4.69) is 30.9 Å². The lowest BCUT2D eigenvalue weighted by Gasteiger charge is -2.44. The Labute approximate surface area is 155 Å². The molecule has 2 aromatic rings. The van der Waals surface area contributed by atoms with Gasteiger partial charge < -0.3 is 14.4 Å². The minimum atomic E-state index is -0.0575. The largest absolute Gasteiger partial charge is 0.493 e. The number of ether oxygens (including phenoxy) is 2. The normalized spacial score (nSPS) is 17.0. The number of methoxy groups -OCH3 is 2. The molecule has 0 N–H and O–H groups in total. The first kappa shape index (κ1) is 18.1. The Hall–Kier alpha value is -2.75. The molecule has 0 atom stereocenters. The highest BCUT2D eigenvalue weighted by atomic mass is 16.5. The molecule has 3 rings (SSSR count). The molecular formula is C22H25NO3. The van der Waals surface area contributed by atoms with Crippen LogP contribution < -0.4 is 9.47 Å². The summed E-state index contributed by atoms with van der Waals surface area (Å²) in [6.07, 6.45) is 2.67. The quantitative estimate of drug-likeness (QED) is 0.611. The molecule has 1 aliphatic rings. The fourth-order valence-electron chi connectivity index (χ4n) is 3.39. The zero-order chi connectivity index (χ0) is 18.9. The number of nitrogens with zero attached hydrogens (tertiary/aromatic N) is 1. The predicted molar refractivity (Wildman–Crippen MR) is 104 cm³/mol. The number of benzene rings is 2. The van der Waals surface area contributed by atoms with Gasteiger partial charge in [-0.2, -0.15) is 0 Å². The molecule has 0 bridgehead atoms. The van der Waals surface area contributed by atoms with Gasteiger partial charge in [-0.05, 0) is 44.0 Å². The maximum absolute atomic E-state index is 12.9. The highest BCUT2D eigenvalue weighted by molar-refractivity contribution is 6.09. The average molecular weight is 351 g/mol. The van der Waals surface area contributed by atoms with Crippen molar-refractivity contribution < 1.29 is 14.3 Å². The van der Waals surface area contributed by atoms with E-state index in [1.807, 2.05) is 19.2 Å². The van der Waals surface area contributed by atoms with Crippen molar-refractivity contribution in [2.24, 2.45) is 0 Å². The van der Waals surface area contributed by atoms with Gasteiger partial charge in [0.05, 0.1) is 14.2 Å². The highest BCUT2D eigenvalue weighted by Gasteiger charge is 2.33. The maximum Gasteiger partial charge on any atom is 0.188 e. The summed E-state index contributed by atoms with van der Waals surface area (Å²) in [6, 6.07) is 13.5. The first-order valence-corrected chi connectivity index (χ1v) is 8.67. The van der Waals surface area contributed by atoms with E-state index < -0.39 is 0 Å².